The predicted molar refractivity (Wildman–Crippen MR) is 102 cm³/mol. The van der Waals surface area contributed by atoms with Crippen LogP contribution in [0.15, 0.2) is 18.5 Å². The van der Waals surface area contributed by atoms with Crippen LogP contribution in [-0.2, 0) is 29.4 Å². The first-order chi connectivity index (χ1) is 12.4. The van der Waals surface area contributed by atoms with Crippen LogP contribution in [0.2, 0.25) is 0 Å². The van der Waals surface area contributed by atoms with Gasteiger partial charge in [-0.3, -0.25) is 9.48 Å². The molecule has 0 saturated heterocycles. The molecule has 0 unspecified atom stereocenters. The highest BCUT2D eigenvalue weighted by atomic mass is 32.1. The van der Waals surface area contributed by atoms with E-state index in [1.54, 1.807) is 17.0 Å². The molecular weight excluding hydrogens is 350 g/mol. The second-order valence-electron chi connectivity index (χ2n) is 6.64. The Morgan fingerprint density at radius 3 is 2.81 bits per heavy atom. The van der Waals surface area contributed by atoms with Crippen molar-refractivity contribution in [1.29, 1.82) is 0 Å². The molecule has 138 valence electrons. The Hall–Kier alpha value is -2.41. The maximum atomic E-state index is 12.6. The number of rotatable bonds is 5. The summed E-state index contributed by atoms with van der Waals surface area (Å²) in [5, 5.41) is 7.51. The first kappa shape index (κ1) is 18.4. The van der Waals surface area contributed by atoms with Gasteiger partial charge in [0.1, 0.15) is 5.00 Å². The van der Waals surface area contributed by atoms with Crippen LogP contribution in [0.3, 0.4) is 0 Å². The van der Waals surface area contributed by atoms with Crippen LogP contribution in [-0.4, -0.2) is 27.8 Å². The summed E-state index contributed by atoms with van der Waals surface area (Å²) in [6, 6.07) is 0. The minimum Gasteiger partial charge on any atom is -0.459 e. The molecule has 1 N–H and O–H groups in total. The number of nitrogens with one attached hydrogen (secondary N) is 1. The van der Waals surface area contributed by atoms with Gasteiger partial charge < -0.3 is 10.1 Å². The van der Waals surface area contributed by atoms with Gasteiger partial charge in [-0.2, -0.15) is 5.10 Å². The number of hydrogen-bond donors (Lipinski definition) is 1. The summed E-state index contributed by atoms with van der Waals surface area (Å²) in [4.78, 5) is 26.1. The van der Waals surface area contributed by atoms with Crippen LogP contribution in [0.1, 0.15) is 53.1 Å². The fourth-order valence-corrected chi connectivity index (χ4v) is 4.27. The number of aryl methyl sites for hydroxylation is 2. The van der Waals surface area contributed by atoms with Crippen molar-refractivity contribution < 1.29 is 14.3 Å². The van der Waals surface area contributed by atoms with E-state index in [4.69, 9.17) is 4.74 Å². The number of esters is 1. The van der Waals surface area contributed by atoms with Gasteiger partial charge in [-0.15, -0.1) is 11.3 Å². The van der Waals surface area contributed by atoms with E-state index in [0.717, 1.165) is 36.8 Å². The maximum absolute atomic E-state index is 12.6. The van der Waals surface area contributed by atoms with Crippen molar-refractivity contribution >= 4 is 34.3 Å². The highest BCUT2D eigenvalue weighted by molar-refractivity contribution is 7.17. The lowest BCUT2D eigenvalue weighted by atomic mass is 9.95. The van der Waals surface area contributed by atoms with Crippen LogP contribution in [0.5, 0.6) is 0 Å². The Morgan fingerprint density at radius 1 is 1.35 bits per heavy atom. The van der Waals surface area contributed by atoms with Crippen LogP contribution in [0, 0.1) is 0 Å². The van der Waals surface area contributed by atoms with Crippen molar-refractivity contribution in [3.63, 3.8) is 0 Å². The Kier molecular flexibility index (Phi) is 5.56. The first-order valence-corrected chi connectivity index (χ1v) is 9.59. The van der Waals surface area contributed by atoms with E-state index in [9.17, 15) is 9.59 Å². The number of carbonyl (C=O) groups excluding carboxylic acids is 2. The second-order valence-corrected chi connectivity index (χ2v) is 7.74. The molecule has 2 aromatic rings. The van der Waals surface area contributed by atoms with Crippen molar-refractivity contribution in [2.75, 3.05) is 5.32 Å². The molecule has 0 atom stereocenters. The van der Waals surface area contributed by atoms with Crippen molar-refractivity contribution in [2.24, 2.45) is 7.05 Å². The molecule has 0 saturated carbocycles. The topological polar surface area (TPSA) is 73.2 Å². The Bertz CT molecular complexity index is 848. The van der Waals surface area contributed by atoms with Gasteiger partial charge in [-0.1, -0.05) is 0 Å². The molecule has 0 radical (unpaired) electrons. The van der Waals surface area contributed by atoms with E-state index < -0.39 is 0 Å². The average molecular weight is 373 g/mol. The van der Waals surface area contributed by atoms with Gasteiger partial charge >= 0.3 is 5.97 Å². The summed E-state index contributed by atoms with van der Waals surface area (Å²) in [6.07, 6.45) is 10.4. The molecule has 26 heavy (non-hydrogen) atoms. The number of hydrogen-bond acceptors (Lipinski definition) is 5. The lowest BCUT2D eigenvalue weighted by Gasteiger charge is -2.14. The lowest BCUT2D eigenvalue weighted by molar-refractivity contribution is -0.111. The minimum absolute atomic E-state index is 0.198. The number of ether oxygens (including phenoxy) is 1. The zero-order chi connectivity index (χ0) is 18.7. The van der Waals surface area contributed by atoms with E-state index in [1.807, 2.05) is 27.1 Å². The predicted octanol–water partition coefficient (Wildman–Crippen LogP) is 3.58. The van der Waals surface area contributed by atoms with Gasteiger partial charge in [-0.05, 0) is 51.2 Å². The molecule has 0 spiro atoms. The number of carbonyl (C=O) groups is 2. The largest absolute Gasteiger partial charge is 0.459 e. The molecule has 1 aliphatic rings. The standard InChI is InChI=1S/C19H23N3O3S/c1-12(2)25-19(24)17-14-6-4-5-7-15(14)26-18(17)21-16(23)9-8-13-10-20-22(3)11-13/h8-12H,4-7H2,1-3H3,(H,21,23)/b9-8-. The molecule has 2 heterocycles. The van der Waals surface area contributed by atoms with Crippen LogP contribution >= 0.6 is 11.3 Å². The van der Waals surface area contributed by atoms with E-state index in [0.29, 0.717) is 10.6 Å². The van der Waals surface area contributed by atoms with E-state index >= 15 is 0 Å². The molecule has 0 aliphatic heterocycles. The van der Waals surface area contributed by atoms with Crippen molar-refractivity contribution in [1.82, 2.24) is 9.78 Å². The second kappa shape index (κ2) is 7.86. The summed E-state index contributed by atoms with van der Waals surface area (Å²) in [7, 11) is 1.82. The SMILES string of the molecule is CC(C)OC(=O)c1c(NC(=O)/C=C\c2cnn(C)c2)sc2c1CCCC2. The van der Waals surface area contributed by atoms with Crippen LogP contribution < -0.4 is 5.32 Å². The van der Waals surface area contributed by atoms with Crippen molar-refractivity contribution in [2.45, 2.75) is 45.6 Å². The molecule has 1 amide bonds. The summed E-state index contributed by atoms with van der Waals surface area (Å²) >= 11 is 1.49. The third kappa shape index (κ3) is 4.22. The van der Waals surface area contributed by atoms with Gasteiger partial charge in [0.15, 0.2) is 0 Å². The molecule has 7 heteroatoms. The third-order valence-electron chi connectivity index (χ3n) is 4.11. The zero-order valence-corrected chi connectivity index (χ0v) is 16.1. The number of amides is 1. The summed E-state index contributed by atoms with van der Waals surface area (Å²) in [5.74, 6) is -0.628. The number of anilines is 1. The molecule has 6 nitrogen and oxygen atoms in total. The van der Waals surface area contributed by atoms with Gasteiger partial charge in [-0.25, -0.2) is 4.79 Å². The lowest BCUT2D eigenvalue weighted by Crippen LogP contribution is -2.17. The molecule has 3 rings (SSSR count). The van der Waals surface area contributed by atoms with Gasteiger partial charge in [0, 0.05) is 29.8 Å². The number of thiophene rings is 1. The number of fused-ring (bicyclic) bond motifs is 1. The minimum atomic E-state index is -0.356. The summed E-state index contributed by atoms with van der Waals surface area (Å²) in [6.45, 7) is 3.65. The summed E-state index contributed by atoms with van der Waals surface area (Å²) < 4.78 is 7.07. The van der Waals surface area contributed by atoms with E-state index in [2.05, 4.69) is 10.4 Å². The highest BCUT2D eigenvalue weighted by Crippen LogP contribution is 2.38. The van der Waals surface area contributed by atoms with Crippen LogP contribution in [0.25, 0.3) is 6.08 Å². The maximum Gasteiger partial charge on any atom is 0.341 e. The third-order valence-corrected chi connectivity index (χ3v) is 5.31. The van der Waals surface area contributed by atoms with Gasteiger partial charge in [0.2, 0.25) is 5.91 Å². The van der Waals surface area contributed by atoms with Crippen LogP contribution in [0.4, 0.5) is 5.00 Å². The Morgan fingerprint density at radius 2 is 2.12 bits per heavy atom. The number of aromatic nitrogens is 2. The van der Waals surface area contributed by atoms with E-state index in [-0.39, 0.29) is 18.0 Å². The molecule has 1 aliphatic carbocycles. The zero-order valence-electron chi connectivity index (χ0n) is 15.2. The fraction of sp³-hybridized carbons (Fsp3) is 0.421. The Balaban J connectivity index is 1.82. The average Bonchev–Trinajstić information content (AvgIpc) is 3.15. The summed E-state index contributed by atoms with van der Waals surface area (Å²) in [5.41, 5.74) is 2.41. The fourth-order valence-electron chi connectivity index (χ4n) is 2.99. The number of nitrogens with zero attached hydrogens (tertiary/aromatic N) is 2. The van der Waals surface area contributed by atoms with Gasteiger partial charge in [0.25, 0.3) is 0 Å². The van der Waals surface area contributed by atoms with Crippen molar-refractivity contribution in [3.8, 4) is 0 Å². The normalized spacial score (nSPS) is 13.8. The van der Waals surface area contributed by atoms with E-state index in [1.165, 1.54) is 22.3 Å². The Labute approximate surface area is 156 Å². The highest BCUT2D eigenvalue weighted by Gasteiger charge is 2.27. The molecule has 0 fully saturated rings. The van der Waals surface area contributed by atoms with Crippen molar-refractivity contribution in [3.05, 3.63) is 40.0 Å². The van der Waals surface area contributed by atoms with Gasteiger partial charge in [0.05, 0.1) is 17.9 Å². The molecule has 0 bridgehead atoms. The monoisotopic (exact) mass is 373 g/mol. The smallest absolute Gasteiger partial charge is 0.341 e. The molecule has 0 aromatic carbocycles. The molecular formula is C19H23N3O3S. The quantitative estimate of drug-likeness (QED) is 0.642. The first-order valence-electron chi connectivity index (χ1n) is 8.77. The molecule has 2 aromatic heterocycles.